The molecule has 0 saturated carbocycles. The van der Waals surface area contributed by atoms with Crippen molar-refractivity contribution in [3.05, 3.63) is 64.1 Å². The highest BCUT2D eigenvalue weighted by Gasteiger charge is 2.30. The number of ether oxygens (including phenoxy) is 1. The molecule has 0 fully saturated rings. The third-order valence-corrected chi connectivity index (χ3v) is 4.10. The fourth-order valence-electron chi connectivity index (χ4n) is 2.24. The van der Waals surface area contributed by atoms with Gasteiger partial charge in [-0.3, -0.25) is 4.79 Å². The summed E-state index contributed by atoms with van der Waals surface area (Å²) < 4.78 is 43.7. The lowest BCUT2D eigenvalue weighted by Crippen LogP contribution is -2.32. The lowest BCUT2D eigenvalue weighted by Gasteiger charge is -2.18. The van der Waals surface area contributed by atoms with Crippen molar-refractivity contribution in [3.63, 3.8) is 0 Å². The molecule has 1 atom stereocenters. The Labute approximate surface area is 152 Å². The molecular weight excluding hydrogens is 399 g/mol. The van der Waals surface area contributed by atoms with Crippen molar-refractivity contribution in [2.24, 2.45) is 0 Å². The maximum Gasteiger partial charge on any atom is 0.416 e. The second-order valence-electron chi connectivity index (χ2n) is 5.39. The van der Waals surface area contributed by atoms with E-state index in [2.05, 4.69) is 21.2 Å². The smallest absolute Gasteiger partial charge is 0.416 e. The maximum absolute atomic E-state index is 12.5. The van der Waals surface area contributed by atoms with Gasteiger partial charge in [0, 0.05) is 4.47 Å². The van der Waals surface area contributed by atoms with E-state index >= 15 is 0 Å². The zero-order chi connectivity index (χ0) is 18.4. The van der Waals surface area contributed by atoms with Crippen molar-refractivity contribution >= 4 is 21.8 Å². The molecule has 1 amide bonds. The largest absolute Gasteiger partial charge is 0.484 e. The normalized spacial score (nSPS) is 12.5. The van der Waals surface area contributed by atoms with Crippen molar-refractivity contribution in [1.29, 1.82) is 0 Å². The summed E-state index contributed by atoms with van der Waals surface area (Å²) in [5.74, 6) is -0.130. The first-order valence-corrected chi connectivity index (χ1v) is 8.43. The topological polar surface area (TPSA) is 38.3 Å². The van der Waals surface area contributed by atoms with Crippen molar-refractivity contribution < 1.29 is 22.7 Å². The molecule has 2 rings (SSSR count). The minimum atomic E-state index is -4.39. The van der Waals surface area contributed by atoms with Gasteiger partial charge < -0.3 is 10.1 Å². The molecule has 0 aliphatic carbocycles. The molecule has 0 saturated heterocycles. The lowest BCUT2D eigenvalue weighted by molar-refractivity contribution is -0.137. The molecule has 0 unspecified atom stereocenters. The molecule has 2 aromatic carbocycles. The molecule has 1 N–H and O–H groups in total. The van der Waals surface area contributed by atoms with E-state index in [1.165, 1.54) is 12.1 Å². The highest BCUT2D eigenvalue weighted by atomic mass is 79.9. The number of carbonyl (C=O) groups is 1. The summed E-state index contributed by atoms with van der Waals surface area (Å²) in [6, 6.07) is 11.7. The van der Waals surface area contributed by atoms with E-state index in [0.717, 1.165) is 22.2 Å². The SMILES string of the molecule is CC[C@H](NC(=O)COc1ccc(C(F)(F)F)cc1)c1ccc(Br)cc1. The number of carbonyl (C=O) groups excluding carboxylic acids is 1. The van der Waals surface area contributed by atoms with Gasteiger partial charge >= 0.3 is 6.18 Å². The van der Waals surface area contributed by atoms with Crippen LogP contribution in [-0.4, -0.2) is 12.5 Å². The number of hydrogen-bond donors (Lipinski definition) is 1. The lowest BCUT2D eigenvalue weighted by atomic mass is 10.0. The van der Waals surface area contributed by atoms with E-state index in [0.29, 0.717) is 6.42 Å². The molecule has 134 valence electrons. The molecular formula is C18H17BrF3NO2. The summed E-state index contributed by atoms with van der Waals surface area (Å²) >= 11 is 3.36. The summed E-state index contributed by atoms with van der Waals surface area (Å²) in [6.45, 7) is 1.68. The Morgan fingerprint density at radius 1 is 1.12 bits per heavy atom. The molecule has 2 aromatic rings. The van der Waals surface area contributed by atoms with Gasteiger partial charge in [-0.1, -0.05) is 35.0 Å². The first-order valence-electron chi connectivity index (χ1n) is 7.64. The fourth-order valence-corrected chi connectivity index (χ4v) is 2.51. The second-order valence-corrected chi connectivity index (χ2v) is 6.31. The zero-order valence-electron chi connectivity index (χ0n) is 13.4. The molecule has 0 aromatic heterocycles. The van der Waals surface area contributed by atoms with Crippen LogP contribution >= 0.6 is 15.9 Å². The number of amides is 1. The van der Waals surface area contributed by atoms with Crippen LogP contribution in [0, 0.1) is 0 Å². The summed E-state index contributed by atoms with van der Waals surface area (Å²) in [7, 11) is 0. The Morgan fingerprint density at radius 2 is 1.72 bits per heavy atom. The summed E-state index contributed by atoms with van der Waals surface area (Å²) in [5.41, 5.74) is 0.208. The number of hydrogen-bond acceptors (Lipinski definition) is 2. The first kappa shape index (κ1) is 19.3. The summed E-state index contributed by atoms with van der Waals surface area (Å²) in [6.07, 6.45) is -3.69. The Bertz CT molecular complexity index is 700. The van der Waals surface area contributed by atoms with E-state index in [9.17, 15) is 18.0 Å². The summed E-state index contributed by atoms with van der Waals surface area (Å²) in [4.78, 5) is 12.0. The van der Waals surface area contributed by atoms with Gasteiger partial charge in [-0.15, -0.1) is 0 Å². The minimum absolute atomic E-state index is 0.156. The highest BCUT2D eigenvalue weighted by molar-refractivity contribution is 9.10. The standard InChI is InChI=1S/C18H17BrF3NO2/c1-2-16(12-3-7-14(19)8-4-12)23-17(24)11-25-15-9-5-13(6-10-15)18(20,21)22/h3-10,16H,2,11H2,1H3,(H,23,24)/t16-/m0/s1. The Kier molecular flexibility index (Phi) is 6.47. The van der Waals surface area contributed by atoms with Crippen LogP contribution in [0.1, 0.15) is 30.5 Å². The molecule has 3 nitrogen and oxygen atoms in total. The molecule has 0 heterocycles. The van der Waals surface area contributed by atoms with Gasteiger partial charge in [0.2, 0.25) is 0 Å². The van der Waals surface area contributed by atoms with Gasteiger partial charge in [0.05, 0.1) is 11.6 Å². The molecule has 0 radical (unpaired) electrons. The molecule has 7 heteroatoms. The Morgan fingerprint density at radius 3 is 2.24 bits per heavy atom. The van der Waals surface area contributed by atoms with Crippen LogP contribution in [0.5, 0.6) is 5.75 Å². The van der Waals surface area contributed by atoms with Gasteiger partial charge in [-0.05, 0) is 48.4 Å². The number of rotatable bonds is 6. The predicted molar refractivity (Wildman–Crippen MR) is 92.3 cm³/mol. The quantitative estimate of drug-likeness (QED) is 0.711. The number of alkyl halides is 3. The fraction of sp³-hybridized carbons (Fsp3) is 0.278. The Balaban J connectivity index is 1.90. The molecule has 0 aliphatic rings. The van der Waals surface area contributed by atoms with Gasteiger partial charge in [0.1, 0.15) is 5.75 Å². The van der Waals surface area contributed by atoms with Crippen LogP contribution in [0.25, 0.3) is 0 Å². The van der Waals surface area contributed by atoms with Crippen molar-refractivity contribution in [2.45, 2.75) is 25.6 Å². The van der Waals surface area contributed by atoms with Gasteiger partial charge in [0.15, 0.2) is 6.61 Å². The first-order chi connectivity index (χ1) is 11.8. The Hall–Kier alpha value is -2.02. The van der Waals surface area contributed by atoms with E-state index in [-0.39, 0.29) is 24.3 Å². The van der Waals surface area contributed by atoms with Crippen molar-refractivity contribution in [1.82, 2.24) is 5.32 Å². The molecule has 0 bridgehead atoms. The number of nitrogens with one attached hydrogen (secondary N) is 1. The average molecular weight is 416 g/mol. The van der Waals surface area contributed by atoms with Gasteiger partial charge in [-0.25, -0.2) is 0 Å². The third kappa shape index (κ3) is 5.77. The minimum Gasteiger partial charge on any atom is -0.484 e. The zero-order valence-corrected chi connectivity index (χ0v) is 15.0. The van der Waals surface area contributed by atoms with Crippen molar-refractivity contribution in [2.75, 3.05) is 6.61 Å². The van der Waals surface area contributed by atoms with Gasteiger partial charge in [-0.2, -0.15) is 13.2 Å². The predicted octanol–water partition coefficient (Wildman–Crippen LogP) is 5.11. The van der Waals surface area contributed by atoms with Crippen LogP contribution in [0.15, 0.2) is 53.0 Å². The third-order valence-electron chi connectivity index (χ3n) is 3.57. The number of halogens is 4. The highest BCUT2D eigenvalue weighted by Crippen LogP contribution is 2.30. The van der Waals surface area contributed by atoms with E-state index in [1.807, 2.05) is 31.2 Å². The van der Waals surface area contributed by atoms with Crippen LogP contribution < -0.4 is 10.1 Å². The molecule has 0 aliphatic heterocycles. The van der Waals surface area contributed by atoms with E-state index in [1.54, 1.807) is 0 Å². The summed E-state index contributed by atoms with van der Waals surface area (Å²) in [5, 5.41) is 2.85. The van der Waals surface area contributed by atoms with Crippen LogP contribution in [0.3, 0.4) is 0 Å². The van der Waals surface area contributed by atoms with Gasteiger partial charge in [0.25, 0.3) is 5.91 Å². The van der Waals surface area contributed by atoms with E-state index in [4.69, 9.17) is 4.74 Å². The van der Waals surface area contributed by atoms with Crippen LogP contribution in [-0.2, 0) is 11.0 Å². The number of benzene rings is 2. The van der Waals surface area contributed by atoms with Crippen molar-refractivity contribution in [3.8, 4) is 5.75 Å². The second kappa shape index (κ2) is 8.38. The maximum atomic E-state index is 12.5. The van der Waals surface area contributed by atoms with E-state index < -0.39 is 11.7 Å². The van der Waals surface area contributed by atoms with Crippen LogP contribution in [0.2, 0.25) is 0 Å². The monoisotopic (exact) mass is 415 g/mol. The average Bonchev–Trinajstić information content (AvgIpc) is 2.58. The molecule has 0 spiro atoms. The molecule has 25 heavy (non-hydrogen) atoms. The van der Waals surface area contributed by atoms with Crippen LogP contribution in [0.4, 0.5) is 13.2 Å².